The zero-order valence-electron chi connectivity index (χ0n) is 22.3. The molecule has 212 valence electrons. The molecule has 0 heterocycles. The van der Waals surface area contributed by atoms with Gasteiger partial charge in [-0.05, 0) is 84.8 Å². The van der Waals surface area contributed by atoms with Gasteiger partial charge in [0, 0.05) is 21.7 Å². The van der Waals surface area contributed by atoms with Crippen LogP contribution in [-0.4, -0.2) is 43.8 Å². The molecule has 0 saturated heterocycles. The third-order valence-corrected chi connectivity index (χ3v) is 9.65. The van der Waals surface area contributed by atoms with Crippen molar-refractivity contribution in [2.75, 3.05) is 10.8 Å². The van der Waals surface area contributed by atoms with Crippen LogP contribution < -0.4 is 9.62 Å². The summed E-state index contributed by atoms with van der Waals surface area (Å²) in [4.78, 5) is 28.5. The molecule has 4 rings (SSSR count). The maximum Gasteiger partial charge on any atom is 0.264 e. The van der Waals surface area contributed by atoms with Gasteiger partial charge >= 0.3 is 0 Å². The Hall–Kier alpha value is -2.99. The number of nitrogens with one attached hydrogen (secondary N) is 1. The van der Waals surface area contributed by atoms with Crippen molar-refractivity contribution in [3.63, 3.8) is 0 Å². The van der Waals surface area contributed by atoms with E-state index in [0.29, 0.717) is 5.69 Å². The number of hydrogen-bond acceptors (Lipinski definition) is 4. The fourth-order valence-electron chi connectivity index (χ4n) is 4.82. The first kappa shape index (κ1) is 30.0. The molecule has 7 nitrogen and oxygen atoms in total. The minimum atomic E-state index is -4.14. The highest BCUT2D eigenvalue weighted by Crippen LogP contribution is 2.26. The average molecular weight is 678 g/mol. The molecule has 10 heteroatoms. The van der Waals surface area contributed by atoms with Crippen molar-refractivity contribution >= 4 is 50.1 Å². The highest BCUT2D eigenvalue weighted by atomic mass is 127. The van der Waals surface area contributed by atoms with Crippen LogP contribution >= 0.6 is 22.6 Å². The number of carbonyl (C=O) groups excluding carboxylic acids is 2. The first-order chi connectivity index (χ1) is 19.2. The van der Waals surface area contributed by atoms with E-state index in [1.54, 1.807) is 67.6 Å². The van der Waals surface area contributed by atoms with Crippen molar-refractivity contribution in [1.29, 1.82) is 0 Å². The van der Waals surface area contributed by atoms with E-state index in [-0.39, 0.29) is 29.0 Å². The predicted molar refractivity (Wildman–Crippen MR) is 162 cm³/mol. The summed E-state index contributed by atoms with van der Waals surface area (Å²) in [6.45, 7) is 0.849. The van der Waals surface area contributed by atoms with Gasteiger partial charge in [0.25, 0.3) is 10.0 Å². The molecular weight excluding hydrogens is 644 g/mol. The van der Waals surface area contributed by atoms with Gasteiger partial charge in [-0.15, -0.1) is 0 Å². The molecule has 0 unspecified atom stereocenters. The molecule has 0 spiro atoms. The lowest BCUT2D eigenvalue weighted by molar-refractivity contribution is -0.139. The summed E-state index contributed by atoms with van der Waals surface area (Å²) in [5.41, 5.74) is 0.544. The van der Waals surface area contributed by atoms with E-state index >= 15 is 0 Å². The van der Waals surface area contributed by atoms with Gasteiger partial charge in [0.1, 0.15) is 18.4 Å². The number of halogens is 2. The Morgan fingerprint density at radius 2 is 1.57 bits per heavy atom. The molecule has 0 aliphatic heterocycles. The van der Waals surface area contributed by atoms with E-state index in [1.807, 2.05) is 0 Å². The van der Waals surface area contributed by atoms with E-state index in [2.05, 4.69) is 27.9 Å². The van der Waals surface area contributed by atoms with Crippen LogP contribution in [-0.2, 0) is 26.2 Å². The second-order valence-electron chi connectivity index (χ2n) is 9.93. The number of amides is 2. The lowest BCUT2D eigenvalue weighted by Gasteiger charge is -2.33. The largest absolute Gasteiger partial charge is 0.352 e. The van der Waals surface area contributed by atoms with Crippen LogP contribution in [0.25, 0.3) is 0 Å². The summed E-state index contributed by atoms with van der Waals surface area (Å²) in [5.74, 6) is -1.47. The van der Waals surface area contributed by atoms with Crippen molar-refractivity contribution in [1.82, 2.24) is 10.2 Å². The smallest absolute Gasteiger partial charge is 0.264 e. The number of nitrogens with zero attached hydrogens (tertiary/aromatic N) is 2. The van der Waals surface area contributed by atoms with Gasteiger partial charge in [-0.3, -0.25) is 13.9 Å². The molecule has 1 atom stereocenters. The van der Waals surface area contributed by atoms with E-state index in [0.717, 1.165) is 40.0 Å². The monoisotopic (exact) mass is 677 g/mol. The van der Waals surface area contributed by atoms with E-state index < -0.39 is 34.3 Å². The van der Waals surface area contributed by atoms with Crippen molar-refractivity contribution in [3.05, 3.63) is 93.8 Å². The minimum Gasteiger partial charge on any atom is -0.352 e. The molecule has 1 aliphatic carbocycles. The molecule has 1 fully saturated rings. The fraction of sp³-hybridized carbons (Fsp3) is 0.333. The summed E-state index contributed by atoms with van der Waals surface area (Å²) in [7, 11) is -4.14. The van der Waals surface area contributed by atoms with E-state index in [1.165, 1.54) is 23.1 Å². The highest BCUT2D eigenvalue weighted by molar-refractivity contribution is 14.1. The number of rotatable bonds is 10. The quantitative estimate of drug-likeness (QED) is 0.288. The van der Waals surface area contributed by atoms with Crippen LogP contribution in [0, 0.1) is 9.39 Å². The van der Waals surface area contributed by atoms with Crippen LogP contribution in [0.5, 0.6) is 0 Å². The summed E-state index contributed by atoms with van der Waals surface area (Å²) >= 11 is 2.12. The zero-order chi connectivity index (χ0) is 28.7. The van der Waals surface area contributed by atoms with Gasteiger partial charge in [-0.1, -0.05) is 55.7 Å². The van der Waals surface area contributed by atoms with Crippen molar-refractivity contribution in [2.45, 2.75) is 62.6 Å². The number of benzene rings is 3. The number of carbonyl (C=O) groups is 2. The number of hydrogen-bond donors (Lipinski definition) is 1. The van der Waals surface area contributed by atoms with Crippen LogP contribution in [0.2, 0.25) is 0 Å². The Labute approximate surface area is 248 Å². The zero-order valence-corrected chi connectivity index (χ0v) is 25.3. The Morgan fingerprint density at radius 1 is 0.950 bits per heavy atom. The maximum absolute atomic E-state index is 14.7. The molecule has 0 aromatic heterocycles. The highest BCUT2D eigenvalue weighted by Gasteiger charge is 2.33. The molecule has 1 aliphatic rings. The van der Waals surface area contributed by atoms with Gasteiger partial charge < -0.3 is 10.2 Å². The second-order valence-corrected chi connectivity index (χ2v) is 13.0. The molecule has 0 bridgehead atoms. The minimum absolute atomic E-state index is 0.0239. The van der Waals surface area contributed by atoms with Crippen LogP contribution in [0.4, 0.5) is 10.1 Å². The number of sulfonamides is 1. The molecule has 1 saturated carbocycles. The van der Waals surface area contributed by atoms with Crippen molar-refractivity contribution in [3.8, 4) is 0 Å². The Morgan fingerprint density at radius 3 is 2.23 bits per heavy atom. The molecule has 2 amide bonds. The van der Waals surface area contributed by atoms with Gasteiger partial charge in [0.05, 0.1) is 10.6 Å². The second kappa shape index (κ2) is 13.6. The lowest BCUT2D eigenvalue weighted by Crippen LogP contribution is -2.53. The first-order valence-electron chi connectivity index (χ1n) is 13.3. The molecular formula is C30H33FIN3O4S. The fourth-order valence-corrected chi connectivity index (χ4v) is 6.61. The Kier molecular flexibility index (Phi) is 10.2. The SMILES string of the molecule is C[C@H](C(=O)NC1CCCCC1)N(Cc1ccccc1F)C(=O)CN(c1ccc(I)cc1)S(=O)(=O)c1ccccc1. The Bertz CT molecular complexity index is 1410. The van der Waals surface area contributed by atoms with Crippen LogP contribution in [0.15, 0.2) is 83.8 Å². The van der Waals surface area contributed by atoms with Gasteiger partial charge in [0.15, 0.2) is 0 Å². The third-order valence-electron chi connectivity index (χ3n) is 7.14. The Balaban J connectivity index is 1.67. The number of anilines is 1. The molecule has 0 radical (unpaired) electrons. The topological polar surface area (TPSA) is 86.8 Å². The molecule has 3 aromatic carbocycles. The first-order valence-corrected chi connectivity index (χ1v) is 15.9. The third kappa shape index (κ3) is 7.39. The van der Waals surface area contributed by atoms with Gasteiger partial charge in [-0.25, -0.2) is 12.8 Å². The average Bonchev–Trinajstić information content (AvgIpc) is 2.96. The van der Waals surface area contributed by atoms with E-state index in [9.17, 15) is 22.4 Å². The van der Waals surface area contributed by atoms with Crippen LogP contribution in [0.1, 0.15) is 44.6 Å². The van der Waals surface area contributed by atoms with E-state index in [4.69, 9.17) is 0 Å². The molecule has 3 aromatic rings. The summed E-state index contributed by atoms with van der Waals surface area (Å²) < 4.78 is 44.2. The normalized spacial score (nSPS) is 14.8. The summed E-state index contributed by atoms with van der Waals surface area (Å²) in [6, 6.07) is 19.8. The molecule has 40 heavy (non-hydrogen) atoms. The van der Waals surface area contributed by atoms with Crippen molar-refractivity contribution in [2.24, 2.45) is 0 Å². The summed E-state index contributed by atoms with van der Waals surface area (Å²) in [6.07, 6.45) is 4.92. The van der Waals surface area contributed by atoms with Gasteiger partial charge in [-0.2, -0.15) is 0 Å². The summed E-state index contributed by atoms with van der Waals surface area (Å²) in [5, 5.41) is 3.04. The maximum atomic E-state index is 14.7. The van der Waals surface area contributed by atoms with Crippen molar-refractivity contribution < 1.29 is 22.4 Å². The molecule has 1 N–H and O–H groups in total. The van der Waals surface area contributed by atoms with Crippen LogP contribution in [0.3, 0.4) is 0 Å². The lowest BCUT2D eigenvalue weighted by atomic mass is 9.95. The predicted octanol–water partition coefficient (Wildman–Crippen LogP) is 5.49. The standard InChI is InChI=1S/C30H33FIN3O4S/c1-22(30(37)33-25-11-4-2-5-12-25)34(20-23-10-8-9-15-28(23)31)29(36)21-35(26-18-16-24(32)17-19-26)40(38,39)27-13-6-3-7-14-27/h3,6-10,13-19,22,25H,2,4-5,11-12,20-21H2,1H3,(H,33,37)/t22-/m1/s1. The van der Waals surface area contributed by atoms with Gasteiger partial charge in [0.2, 0.25) is 11.8 Å².